The number of benzene rings is 2. The van der Waals surface area contributed by atoms with Gasteiger partial charge in [0.25, 0.3) is 11.8 Å². The zero-order valence-corrected chi connectivity index (χ0v) is 17.8. The third-order valence-corrected chi connectivity index (χ3v) is 6.61. The highest BCUT2D eigenvalue weighted by atomic mass is 19.4. The van der Waals surface area contributed by atoms with Gasteiger partial charge >= 0.3 is 6.18 Å². The number of piperidine rings is 1. The van der Waals surface area contributed by atoms with E-state index in [2.05, 4.69) is 5.32 Å². The zero-order valence-electron chi connectivity index (χ0n) is 17.8. The van der Waals surface area contributed by atoms with Gasteiger partial charge in [0, 0.05) is 30.3 Å². The highest BCUT2D eigenvalue weighted by molar-refractivity contribution is 5.98. The Kier molecular flexibility index (Phi) is 6.53. The van der Waals surface area contributed by atoms with Crippen molar-refractivity contribution in [3.05, 3.63) is 70.8 Å². The molecule has 1 N–H and O–H groups in total. The Hall–Kier alpha value is -2.83. The predicted octanol–water partition coefficient (Wildman–Crippen LogP) is 5.43. The van der Waals surface area contributed by atoms with Gasteiger partial charge in [0.2, 0.25) is 0 Å². The number of amides is 2. The second-order valence-electron chi connectivity index (χ2n) is 8.71. The van der Waals surface area contributed by atoms with Crippen molar-refractivity contribution in [2.45, 2.75) is 57.3 Å². The maximum atomic E-state index is 13.1. The number of alkyl halides is 3. The van der Waals surface area contributed by atoms with Crippen LogP contribution in [0.2, 0.25) is 0 Å². The van der Waals surface area contributed by atoms with E-state index in [0.717, 1.165) is 37.9 Å². The highest BCUT2D eigenvalue weighted by Crippen LogP contribution is 2.36. The zero-order chi connectivity index (χ0) is 22.7. The fourth-order valence-corrected chi connectivity index (χ4v) is 4.95. The van der Waals surface area contributed by atoms with Crippen molar-refractivity contribution in [2.75, 3.05) is 6.54 Å². The molecule has 2 amide bonds. The molecule has 7 heteroatoms. The van der Waals surface area contributed by atoms with Crippen molar-refractivity contribution >= 4 is 11.8 Å². The van der Waals surface area contributed by atoms with E-state index < -0.39 is 17.6 Å². The van der Waals surface area contributed by atoms with Crippen LogP contribution in [0.3, 0.4) is 0 Å². The number of fused-ring (bicyclic) bond motifs is 1. The van der Waals surface area contributed by atoms with E-state index in [1.54, 1.807) is 24.3 Å². The molecule has 1 heterocycles. The molecule has 0 aromatic heterocycles. The Balaban J connectivity index is 1.38. The van der Waals surface area contributed by atoms with Gasteiger partial charge in [-0.2, -0.15) is 13.2 Å². The molecule has 2 aromatic rings. The number of likely N-dealkylation sites (tertiary alicyclic amines) is 1. The van der Waals surface area contributed by atoms with Crippen LogP contribution >= 0.6 is 0 Å². The van der Waals surface area contributed by atoms with Crippen molar-refractivity contribution in [3.63, 3.8) is 0 Å². The Bertz CT molecular complexity index is 970. The van der Waals surface area contributed by atoms with Crippen LogP contribution in [0.4, 0.5) is 13.2 Å². The summed E-state index contributed by atoms with van der Waals surface area (Å²) in [5, 5.41) is 2.64. The average Bonchev–Trinajstić information content (AvgIpc) is 2.81. The van der Waals surface area contributed by atoms with E-state index in [1.165, 1.54) is 31.4 Å². The van der Waals surface area contributed by atoms with E-state index in [1.807, 2.05) is 4.90 Å². The van der Waals surface area contributed by atoms with Crippen molar-refractivity contribution in [3.8, 4) is 0 Å². The molecule has 1 aliphatic heterocycles. The third kappa shape index (κ3) is 4.97. The van der Waals surface area contributed by atoms with Gasteiger partial charge in [0.15, 0.2) is 0 Å². The lowest BCUT2D eigenvalue weighted by Gasteiger charge is -2.44. The van der Waals surface area contributed by atoms with Crippen molar-refractivity contribution in [1.29, 1.82) is 0 Å². The molecule has 4 nitrogen and oxygen atoms in total. The molecule has 4 rings (SSSR count). The lowest BCUT2D eigenvalue weighted by atomic mass is 9.78. The lowest BCUT2D eigenvalue weighted by Crippen LogP contribution is -2.49. The summed E-state index contributed by atoms with van der Waals surface area (Å²) < 4.78 is 38.5. The smallest absolute Gasteiger partial charge is 0.348 e. The van der Waals surface area contributed by atoms with Crippen molar-refractivity contribution in [1.82, 2.24) is 10.2 Å². The largest absolute Gasteiger partial charge is 0.416 e. The SMILES string of the molecule is O=C(NCc1cccc(C(F)(F)F)c1)c1ccc(C(=O)N2CCC[C@@H]3CCCC[C@@H]32)cc1. The maximum absolute atomic E-state index is 13.1. The van der Waals surface area contributed by atoms with Crippen LogP contribution in [0.25, 0.3) is 0 Å². The first-order valence-corrected chi connectivity index (χ1v) is 11.2. The normalized spacial score (nSPS) is 21.0. The Labute approximate surface area is 185 Å². The Morgan fingerprint density at radius 3 is 2.38 bits per heavy atom. The van der Waals surface area contributed by atoms with Crippen LogP contribution in [0.1, 0.15) is 70.4 Å². The van der Waals surface area contributed by atoms with Gasteiger partial charge < -0.3 is 10.2 Å². The van der Waals surface area contributed by atoms with Crippen LogP contribution in [-0.2, 0) is 12.7 Å². The van der Waals surface area contributed by atoms with Gasteiger partial charge in [0.1, 0.15) is 0 Å². The lowest BCUT2D eigenvalue weighted by molar-refractivity contribution is -0.137. The molecule has 0 radical (unpaired) electrons. The summed E-state index contributed by atoms with van der Waals surface area (Å²) in [6.07, 6.45) is 2.46. The molecule has 2 fully saturated rings. The highest BCUT2D eigenvalue weighted by Gasteiger charge is 2.36. The second kappa shape index (κ2) is 9.35. The van der Waals surface area contributed by atoms with Gasteiger partial charge in [-0.05, 0) is 73.6 Å². The minimum atomic E-state index is -4.42. The van der Waals surface area contributed by atoms with Gasteiger partial charge in [-0.3, -0.25) is 9.59 Å². The molecule has 0 spiro atoms. The molecule has 1 saturated heterocycles. The fraction of sp³-hybridized carbons (Fsp3) is 0.440. The molecule has 170 valence electrons. The van der Waals surface area contributed by atoms with E-state index in [0.29, 0.717) is 28.7 Å². The maximum Gasteiger partial charge on any atom is 0.416 e. The number of nitrogens with one attached hydrogen (secondary N) is 1. The second-order valence-corrected chi connectivity index (χ2v) is 8.71. The summed E-state index contributed by atoms with van der Waals surface area (Å²) >= 11 is 0. The molecule has 0 unspecified atom stereocenters. The molecule has 2 aliphatic rings. The molecular weight excluding hydrogens is 417 g/mol. The summed E-state index contributed by atoms with van der Waals surface area (Å²) in [5.74, 6) is 0.214. The Morgan fingerprint density at radius 1 is 0.938 bits per heavy atom. The van der Waals surface area contributed by atoms with E-state index in [4.69, 9.17) is 0 Å². The minimum Gasteiger partial charge on any atom is -0.348 e. The molecule has 1 saturated carbocycles. The number of carbonyl (C=O) groups excluding carboxylic acids is 2. The molecule has 0 bridgehead atoms. The number of hydrogen-bond donors (Lipinski definition) is 1. The average molecular weight is 444 g/mol. The quantitative estimate of drug-likeness (QED) is 0.684. The van der Waals surface area contributed by atoms with Gasteiger partial charge in [-0.15, -0.1) is 0 Å². The van der Waals surface area contributed by atoms with Crippen molar-refractivity contribution < 1.29 is 22.8 Å². The first-order chi connectivity index (χ1) is 15.3. The van der Waals surface area contributed by atoms with Crippen molar-refractivity contribution in [2.24, 2.45) is 5.92 Å². The van der Waals surface area contributed by atoms with Gasteiger partial charge in [-0.1, -0.05) is 25.0 Å². The van der Waals surface area contributed by atoms with E-state index in [9.17, 15) is 22.8 Å². The summed E-state index contributed by atoms with van der Waals surface area (Å²) in [5.41, 5.74) is 0.547. The molecular formula is C25H27F3N2O2. The van der Waals surface area contributed by atoms with Crippen LogP contribution < -0.4 is 5.32 Å². The molecule has 32 heavy (non-hydrogen) atoms. The van der Waals surface area contributed by atoms with Crippen LogP contribution in [0.5, 0.6) is 0 Å². The fourth-order valence-electron chi connectivity index (χ4n) is 4.95. The monoisotopic (exact) mass is 444 g/mol. The summed E-state index contributed by atoms with van der Waals surface area (Å²) in [6.45, 7) is 0.763. The first kappa shape index (κ1) is 22.4. The Morgan fingerprint density at radius 2 is 1.62 bits per heavy atom. The van der Waals surface area contributed by atoms with E-state index in [-0.39, 0.29) is 12.5 Å². The number of carbonyl (C=O) groups is 2. The molecule has 2 aromatic carbocycles. The predicted molar refractivity (Wildman–Crippen MR) is 115 cm³/mol. The van der Waals surface area contributed by atoms with Gasteiger partial charge in [0.05, 0.1) is 5.56 Å². The number of halogens is 3. The van der Waals surface area contributed by atoms with Crippen LogP contribution in [-0.4, -0.2) is 29.3 Å². The number of nitrogens with zero attached hydrogens (tertiary/aromatic N) is 1. The van der Waals surface area contributed by atoms with Crippen LogP contribution in [0.15, 0.2) is 48.5 Å². The van der Waals surface area contributed by atoms with Crippen LogP contribution in [0, 0.1) is 5.92 Å². The summed E-state index contributed by atoms with van der Waals surface area (Å²) in [6, 6.07) is 11.7. The standard InChI is InChI=1S/C25H27F3N2O2/c26-25(27,28)21-8-3-5-17(15-21)16-29-23(31)19-10-12-20(13-11-19)24(32)30-14-4-7-18-6-1-2-9-22(18)30/h3,5,8,10-13,15,18,22H,1-2,4,6-7,9,14,16H2,(H,29,31)/t18-,22-/m0/s1. The molecule has 2 atom stereocenters. The minimum absolute atomic E-state index is 0.0116. The summed E-state index contributed by atoms with van der Waals surface area (Å²) in [7, 11) is 0. The van der Waals surface area contributed by atoms with Gasteiger partial charge in [-0.25, -0.2) is 0 Å². The first-order valence-electron chi connectivity index (χ1n) is 11.2. The topological polar surface area (TPSA) is 49.4 Å². The number of hydrogen-bond acceptors (Lipinski definition) is 2. The third-order valence-electron chi connectivity index (χ3n) is 6.61. The number of rotatable bonds is 4. The molecule has 1 aliphatic carbocycles. The van der Waals surface area contributed by atoms with E-state index >= 15 is 0 Å². The summed E-state index contributed by atoms with van der Waals surface area (Å²) in [4.78, 5) is 27.5.